The van der Waals surface area contributed by atoms with Gasteiger partial charge in [-0.25, -0.2) is 9.37 Å². The van der Waals surface area contributed by atoms with Gasteiger partial charge in [0.15, 0.2) is 0 Å². The Morgan fingerprint density at radius 2 is 1.91 bits per heavy atom. The summed E-state index contributed by atoms with van der Waals surface area (Å²) < 4.78 is 12.9. The number of aromatic nitrogens is 1. The van der Waals surface area contributed by atoms with Crippen molar-refractivity contribution in [2.75, 3.05) is 13.6 Å². The molecule has 2 N–H and O–H groups in total. The largest absolute Gasteiger partial charge is 0.350 e. The van der Waals surface area contributed by atoms with Gasteiger partial charge in [0.1, 0.15) is 15.7 Å². The van der Waals surface area contributed by atoms with Crippen molar-refractivity contribution in [1.82, 2.24) is 15.6 Å². The van der Waals surface area contributed by atoms with E-state index in [9.17, 15) is 9.18 Å². The van der Waals surface area contributed by atoms with Gasteiger partial charge in [-0.15, -0.1) is 36.2 Å². The molecule has 0 fully saturated rings. The lowest BCUT2D eigenvalue weighted by Crippen LogP contribution is -2.37. The molecule has 0 aliphatic rings. The summed E-state index contributed by atoms with van der Waals surface area (Å²) in [6, 6.07) is 6.32. The number of carbonyl (C=O) groups is 1. The van der Waals surface area contributed by atoms with Gasteiger partial charge < -0.3 is 10.6 Å². The Labute approximate surface area is 151 Å². The third kappa shape index (κ3) is 5.73. The first-order chi connectivity index (χ1) is 10.0. The fraction of sp³-hybridized carbons (Fsp3) is 0.333. The number of carbonyl (C=O) groups excluding carboxylic acids is 1. The zero-order valence-corrected chi connectivity index (χ0v) is 15.5. The van der Waals surface area contributed by atoms with Crippen molar-refractivity contribution in [2.45, 2.75) is 19.9 Å². The van der Waals surface area contributed by atoms with E-state index in [1.807, 2.05) is 14.0 Å². The lowest BCUT2D eigenvalue weighted by molar-refractivity contribution is 0.0954. The molecule has 0 spiro atoms. The molecule has 1 amide bonds. The second-order valence-corrected chi connectivity index (χ2v) is 5.84. The molecule has 0 bridgehead atoms. The molecule has 8 heteroatoms. The maximum Gasteiger partial charge on any atom is 0.263 e. The van der Waals surface area contributed by atoms with Crippen LogP contribution in [0.1, 0.15) is 22.3 Å². The molecule has 1 heterocycles. The van der Waals surface area contributed by atoms with Crippen LogP contribution >= 0.6 is 36.2 Å². The van der Waals surface area contributed by atoms with Crippen molar-refractivity contribution >= 4 is 42.1 Å². The van der Waals surface area contributed by atoms with Gasteiger partial charge in [0, 0.05) is 18.2 Å². The molecule has 0 aliphatic carbocycles. The van der Waals surface area contributed by atoms with Gasteiger partial charge in [0.05, 0.1) is 5.69 Å². The first kappa shape index (κ1) is 21.8. The number of rotatable bonds is 5. The zero-order chi connectivity index (χ0) is 15.4. The molecule has 23 heavy (non-hydrogen) atoms. The minimum atomic E-state index is -0.286. The summed E-state index contributed by atoms with van der Waals surface area (Å²) in [4.78, 5) is 17.1. The molecule has 0 aliphatic heterocycles. The van der Waals surface area contributed by atoms with E-state index in [-0.39, 0.29) is 42.6 Å². The van der Waals surface area contributed by atoms with E-state index < -0.39 is 0 Å². The fourth-order valence-corrected chi connectivity index (χ4v) is 2.74. The van der Waals surface area contributed by atoms with Crippen LogP contribution in [0.25, 0.3) is 10.6 Å². The fourth-order valence-electron chi connectivity index (χ4n) is 1.75. The number of halogens is 3. The first-order valence-corrected chi connectivity index (χ1v) is 7.51. The lowest BCUT2D eigenvalue weighted by atomic mass is 10.2. The van der Waals surface area contributed by atoms with Gasteiger partial charge in [-0.2, -0.15) is 0 Å². The van der Waals surface area contributed by atoms with Crippen molar-refractivity contribution in [3.8, 4) is 10.6 Å². The van der Waals surface area contributed by atoms with E-state index in [0.29, 0.717) is 17.1 Å². The molecule has 1 atom stereocenters. The van der Waals surface area contributed by atoms with E-state index in [4.69, 9.17) is 0 Å². The van der Waals surface area contributed by atoms with Gasteiger partial charge in [-0.1, -0.05) is 0 Å². The van der Waals surface area contributed by atoms with Crippen molar-refractivity contribution < 1.29 is 9.18 Å². The third-order valence-corrected chi connectivity index (χ3v) is 4.36. The van der Waals surface area contributed by atoms with Crippen LogP contribution in [0.2, 0.25) is 0 Å². The predicted molar refractivity (Wildman–Crippen MR) is 97.6 cm³/mol. The minimum Gasteiger partial charge on any atom is -0.350 e. The highest BCUT2D eigenvalue weighted by Gasteiger charge is 2.16. The molecule has 0 radical (unpaired) electrons. The van der Waals surface area contributed by atoms with Crippen LogP contribution < -0.4 is 10.6 Å². The molecule has 2 aromatic rings. The Balaban J connectivity index is 0.00000242. The van der Waals surface area contributed by atoms with Crippen molar-refractivity contribution in [1.29, 1.82) is 0 Å². The molecule has 1 unspecified atom stereocenters. The highest BCUT2D eigenvalue weighted by Crippen LogP contribution is 2.27. The summed E-state index contributed by atoms with van der Waals surface area (Å²) in [5.74, 6) is -0.411. The minimum absolute atomic E-state index is 0. The zero-order valence-electron chi connectivity index (χ0n) is 13.1. The Kier molecular flexibility index (Phi) is 9.31. The van der Waals surface area contributed by atoms with Crippen LogP contribution in [0.5, 0.6) is 0 Å². The topological polar surface area (TPSA) is 54.0 Å². The third-order valence-electron chi connectivity index (χ3n) is 3.16. The molecule has 2 rings (SSSR count). The van der Waals surface area contributed by atoms with Crippen molar-refractivity contribution in [2.24, 2.45) is 0 Å². The summed E-state index contributed by atoms with van der Waals surface area (Å²) in [6.07, 6.45) is 0. The Morgan fingerprint density at radius 1 is 1.30 bits per heavy atom. The standard InChI is InChI=1S/C15H18FN3OS.2ClH/c1-9(17-3)8-18-14(20)13-10(2)19-15(21-13)11-4-6-12(16)7-5-11;;/h4-7,9,17H,8H2,1-3H3,(H,18,20);2*1H. The monoisotopic (exact) mass is 379 g/mol. The highest BCUT2D eigenvalue weighted by molar-refractivity contribution is 7.17. The highest BCUT2D eigenvalue weighted by atomic mass is 35.5. The van der Waals surface area contributed by atoms with Gasteiger partial charge >= 0.3 is 0 Å². The van der Waals surface area contributed by atoms with Gasteiger partial charge in [-0.3, -0.25) is 4.79 Å². The quantitative estimate of drug-likeness (QED) is 0.836. The van der Waals surface area contributed by atoms with E-state index >= 15 is 0 Å². The summed E-state index contributed by atoms with van der Waals surface area (Å²) in [7, 11) is 1.85. The first-order valence-electron chi connectivity index (χ1n) is 6.70. The molecular formula is C15H20Cl2FN3OS. The van der Waals surface area contributed by atoms with E-state index in [1.165, 1.54) is 23.5 Å². The predicted octanol–water partition coefficient (Wildman–Crippen LogP) is 3.44. The van der Waals surface area contributed by atoms with E-state index in [0.717, 1.165) is 10.6 Å². The number of nitrogens with one attached hydrogen (secondary N) is 2. The van der Waals surface area contributed by atoms with Gasteiger partial charge in [-0.05, 0) is 45.2 Å². The van der Waals surface area contributed by atoms with E-state index in [2.05, 4.69) is 15.6 Å². The maximum atomic E-state index is 12.9. The number of hydrogen-bond acceptors (Lipinski definition) is 4. The van der Waals surface area contributed by atoms with Crippen LogP contribution in [-0.2, 0) is 0 Å². The van der Waals surface area contributed by atoms with Crippen LogP contribution in [0, 0.1) is 12.7 Å². The number of aryl methyl sites for hydroxylation is 1. The molecule has 1 aromatic heterocycles. The number of nitrogens with zero attached hydrogens (tertiary/aromatic N) is 1. The average molecular weight is 380 g/mol. The number of amides is 1. The Hall–Kier alpha value is -1.21. The normalized spacial score (nSPS) is 11.1. The second kappa shape index (κ2) is 9.82. The van der Waals surface area contributed by atoms with Crippen LogP contribution in [-0.4, -0.2) is 30.5 Å². The molecule has 1 aromatic carbocycles. The molecule has 128 valence electrons. The average Bonchev–Trinajstić information content (AvgIpc) is 2.87. The van der Waals surface area contributed by atoms with Gasteiger partial charge in [0.2, 0.25) is 0 Å². The Morgan fingerprint density at radius 3 is 2.48 bits per heavy atom. The number of likely N-dealkylation sites (N-methyl/N-ethyl adjacent to an activating group) is 1. The summed E-state index contributed by atoms with van der Waals surface area (Å²) in [6.45, 7) is 4.35. The Bertz CT molecular complexity index is 634. The molecule has 0 saturated carbocycles. The second-order valence-electron chi connectivity index (χ2n) is 4.84. The van der Waals surface area contributed by atoms with Crippen molar-refractivity contribution in [3.63, 3.8) is 0 Å². The van der Waals surface area contributed by atoms with E-state index in [1.54, 1.807) is 19.1 Å². The van der Waals surface area contributed by atoms with Crippen LogP contribution in [0.15, 0.2) is 24.3 Å². The molecular weight excluding hydrogens is 360 g/mol. The number of thiazole rings is 1. The van der Waals surface area contributed by atoms with Crippen molar-refractivity contribution in [3.05, 3.63) is 40.7 Å². The van der Waals surface area contributed by atoms with Gasteiger partial charge in [0.25, 0.3) is 5.91 Å². The molecule has 0 saturated heterocycles. The summed E-state index contributed by atoms with van der Waals surface area (Å²) in [5, 5.41) is 6.66. The van der Waals surface area contributed by atoms with Crippen LogP contribution in [0.4, 0.5) is 4.39 Å². The summed E-state index contributed by atoms with van der Waals surface area (Å²) >= 11 is 1.32. The van der Waals surface area contributed by atoms with Crippen LogP contribution in [0.3, 0.4) is 0 Å². The summed E-state index contributed by atoms with van der Waals surface area (Å²) in [5.41, 5.74) is 1.50. The SMILES string of the molecule is CNC(C)CNC(=O)c1sc(-c2ccc(F)cc2)nc1C.Cl.Cl. The molecule has 4 nitrogen and oxygen atoms in total. The number of benzene rings is 1. The lowest BCUT2D eigenvalue weighted by Gasteiger charge is -2.10. The maximum absolute atomic E-state index is 12.9. The number of hydrogen-bond donors (Lipinski definition) is 2. The smallest absolute Gasteiger partial charge is 0.263 e.